The summed E-state index contributed by atoms with van der Waals surface area (Å²) in [5.74, 6) is -0.324. The average molecular weight is 423 g/mol. The molecule has 2 rings (SSSR count). The molecule has 0 saturated carbocycles. The molecule has 0 aliphatic heterocycles. The van der Waals surface area contributed by atoms with Crippen molar-refractivity contribution in [1.29, 1.82) is 0 Å². The predicted octanol–water partition coefficient (Wildman–Crippen LogP) is 3.57. The van der Waals surface area contributed by atoms with E-state index in [0.717, 1.165) is 11.2 Å². The number of nitrogen functional groups attached to an aromatic ring is 1. The van der Waals surface area contributed by atoms with E-state index in [0.29, 0.717) is 14.2 Å². The van der Waals surface area contributed by atoms with Gasteiger partial charge < -0.3 is 5.73 Å². The van der Waals surface area contributed by atoms with Gasteiger partial charge >= 0.3 is 0 Å². The Balaban J connectivity index is 2.29. The van der Waals surface area contributed by atoms with Gasteiger partial charge in [-0.15, -0.1) is 0 Å². The molecule has 2 aromatic rings. The summed E-state index contributed by atoms with van der Waals surface area (Å²) in [6, 6.07) is 9.36. The maximum atomic E-state index is 13.5. The van der Waals surface area contributed by atoms with Crippen molar-refractivity contribution >= 4 is 49.9 Å². The third-order valence-electron chi connectivity index (χ3n) is 2.53. The molecule has 0 atom stereocenters. The van der Waals surface area contributed by atoms with E-state index >= 15 is 0 Å². The van der Waals surface area contributed by atoms with Gasteiger partial charge in [-0.25, -0.2) is 12.8 Å². The summed E-state index contributed by atoms with van der Waals surface area (Å²) in [5.41, 5.74) is 6.34. The van der Waals surface area contributed by atoms with Gasteiger partial charge in [0.25, 0.3) is 0 Å². The van der Waals surface area contributed by atoms with Crippen LogP contribution in [0.25, 0.3) is 0 Å². The van der Waals surface area contributed by atoms with Crippen LogP contribution in [0.15, 0.2) is 51.1 Å². The zero-order valence-electron chi connectivity index (χ0n) is 10.4. The zero-order chi connectivity index (χ0) is 14.9. The van der Waals surface area contributed by atoms with E-state index in [-0.39, 0.29) is 10.7 Å². The lowest BCUT2D eigenvalue weighted by Crippen LogP contribution is -1.96. The first-order chi connectivity index (χ1) is 9.27. The number of hydrogen-bond donors (Lipinski definition) is 1. The van der Waals surface area contributed by atoms with Crippen LogP contribution < -0.4 is 5.73 Å². The number of benzene rings is 2. The smallest absolute Gasteiger partial charge is 0.175 e. The van der Waals surface area contributed by atoms with Crippen LogP contribution in [-0.4, -0.2) is 14.7 Å². The third kappa shape index (κ3) is 3.64. The number of halogens is 2. The minimum atomic E-state index is -3.21. The van der Waals surface area contributed by atoms with Crippen molar-refractivity contribution in [3.63, 3.8) is 0 Å². The Hall–Kier alpha value is -0.800. The van der Waals surface area contributed by atoms with Gasteiger partial charge in [0.1, 0.15) is 5.82 Å². The minimum Gasteiger partial charge on any atom is -0.398 e. The molecule has 0 spiro atoms. The molecule has 0 heterocycles. The Bertz CT molecular complexity index is 746. The molecule has 0 aliphatic rings. The molecule has 0 amide bonds. The molecule has 0 aromatic heterocycles. The molecule has 7 heteroatoms. The van der Waals surface area contributed by atoms with E-state index in [9.17, 15) is 12.8 Å². The highest BCUT2D eigenvalue weighted by Crippen LogP contribution is 2.34. The van der Waals surface area contributed by atoms with Crippen LogP contribution >= 0.6 is 34.4 Å². The summed E-state index contributed by atoms with van der Waals surface area (Å²) in [7, 11) is -3.21. The van der Waals surface area contributed by atoms with Gasteiger partial charge in [-0.05, 0) is 59.0 Å². The molecular weight excluding hydrogens is 412 g/mol. The molecule has 0 fully saturated rings. The lowest BCUT2D eigenvalue weighted by atomic mass is 10.3. The lowest BCUT2D eigenvalue weighted by molar-refractivity contribution is 0.602. The average Bonchev–Trinajstić information content (AvgIpc) is 2.35. The topological polar surface area (TPSA) is 60.2 Å². The summed E-state index contributed by atoms with van der Waals surface area (Å²) < 4.78 is 36.7. The SMILES string of the molecule is CS(=O)(=O)c1ccc(Sc2cc(F)c(I)cc2N)cc1. The Labute approximate surface area is 134 Å². The molecular formula is C13H11FINO2S2. The second kappa shape index (κ2) is 5.90. The maximum absolute atomic E-state index is 13.5. The first-order valence-corrected chi connectivity index (χ1v) is 9.28. The zero-order valence-corrected chi connectivity index (χ0v) is 14.2. The van der Waals surface area contributed by atoms with Crippen LogP contribution in [0.5, 0.6) is 0 Å². The van der Waals surface area contributed by atoms with Gasteiger partial charge in [0, 0.05) is 21.7 Å². The number of rotatable bonds is 3. The summed E-state index contributed by atoms with van der Waals surface area (Å²) in [4.78, 5) is 1.66. The van der Waals surface area contributed by atoms with Crippen LogP contribution in [0.4, 0.5) is 10.1 Å². The Kier molecular flexibility index (Phi) is 4.60. The number of anilines is 1. The third-order valence-corrected chi connectivity index (χ3v) is 5.57. The molecule has 0 saturated heterocycles. The maximum Gasteiger partial charge on any atom is 0.175 e. The van der Waals surface area contributed by atoms with Crippen molar-refractivity contribution in [1.82, 2.24) is 0 Å². The molecule has 0 unspecified atom stereocenters. The van der Waals surface area contributed by atoms with Gasteiger partial charge in [-0.1, -0.05) is 11.8 Å². The number of nitrogens with two attached hydrogens (primary N) is 1. The van der Waals surface area contributed by atoms with Gasteiger partial charge in [0.05, 0.1) is 8.47 Å². The van der Waals surface area contributed by atoms with Crippen LogP contribution in [0.2, 0.25) is 0 Å². The van der Waals surface area contributed by atoms with Gasteiger partial charge in [0.2, 0.25) is 0 Å². The fraction of sp³-hybridized carbons (Fsp3) is 0.0769. The van der Waals surface area contributed by atoms with Crippen molar-refractivity contribution in [3.05, 3.63) is 45.8 Å². The monoisotopic (exact) mass is 423 g/mol. The van der Waals surface area contributed by atoms with Crippen LogP contribution in [0.3, 0.4) is 0 Å². The van der Waals surface area contributed by atoms with Crippen molar-refractivity contribution in [3.8, 4) is 0 Å². The van der Waals surface area contributed by atoms with E-state index < -0.39 is 9.84 Å². The first-order valence-electron chi connectivity index (χ1n) is 5.50. The molecule has 2 N–H and O–H groups in total. The van der Waals surface area contributed by atoms with E-state index in [2.05, 4.69) is 0 Å². The molecule has 2 aromatic carbocycles. The summed E-state index contributed by atoms with van der Waals surface area (Å²) in [6.45, 7) is 0. The summed E-state index contributed by atoms with van der Waals surface area (Å²) in [6.07, 6.45) is 1.15. The highest BCUT2D eigenvalue weighted by atomic mass is 127. The van der Waals surface area contributed by atoms with Crippen LogP contribution in [0.1, 0.15) is 0 Å². The largest absolute Gasteiger partial charge is 0.398 e. The van der Waals surface area contributed by atoms with E-state index in [1.165, 1.54) is 30.0 Å². The molecule has 0 radical (unpaired) electrons. The van der Waals surface area contributed by atoms with Crippen molar-refractivity contribution < 1.29 is 12.8 Å². The summed E-state index contributed by atoms with van der Waals surface area (Å²) in [5, 5.41) is 0. The number of sulfone groups is 1. The molecule has 106 valence electrons. The van der Waals surface area contributed by atoms with Crippen LogP contribution in [-0.2, 0) is 9.84 Å². The predicted molar refractivity (Wildman–Crippen MR) is 87.2 cm³/mol. The van der Waals surface area contributed by atoms with Gasteiger partial charge in [0.15, 0.2) is 9.84 Å². The number of hydrogen-bond acceptors (Lipinski definition) is 4. The van der Waals surface area contributed by atoms with Gasteiger partial charge in [-0.2, -0.15) is 0 Å². The molecule has 20 heavy (non-hydrogen) atoms. The van der Waals surface area contributed by atoms with Crippen molar-refractivity contribution in [2.75, 3.05) is 12.0 Å². The minimum absolute atomic E-state index is 0.253. The second-order valence-electron chi connectivity index (χ2n) is 4.15. The fourth-order valence-electron chi connectivity index (χ4n) is 1.51. The Morgan fingerprint density at radius 3 is 2.35 bits per heavy atom. The molecule has 0 aliphatic carbocycles. The van der Waals surface area contributed by atoms with Crippen molar-refractivity contribution in [2.45, 2.75) is 14.7 Å². The normalized spacial score (nSPS) is 11.6. The lowest BCUT2D eigenvalue weighted by Gasteiger charge is -2.07. The standard InChI is InChI=1S/C13H11FINO2S2/c1-20(17,18)9-4-2-8(3-5-9)19-13-6-10(14)11(15)7-12(13)16/h2-7H,16H2,1H3. The second-order valence-corrected chi connectivity index (χ2v) is 8.44. The van der Waals surface area contributed by atoms with Crippen molar-refractivity contribution in [2.24, 2.45) is 0 Å². The summed E-state index contributed by atoms with van der Waals surface area (Å²) >= 11 is 3.17. The fourth-order valence-corrected chi connectivity index (χ4v) is 3.50. The Morgan fingerprint density at radius 1 is 1.20 bits per heavy atom. The molecule has 3 nitrogen and oxygen atoms in total. The van der Waals surface area contributed by atoms with E-state index in [1.54, 1.807) is 18.2 Å². The van der Waals surface area contributed by atoms with Crippen LogP contribution in [0, 0.1) is 9.39 Å². The quantitative estimate of drug-likeness (QED) is 0.606. The van der Waals surface area contributed by atoms with Gasteiger partial charge in [-0.3, -0.25) is 0 Å². The van der Waals surface area contributed by atoms with E-state index in [1.807, 2.05) is 22.6 Å². The van der Waals surface area contributed by atoms with E-state index in [4.69, 9.17) is 5.73 Å². The highest BCUT2D eigenvalue weighted by molar-refractivity contribution is 14.1. The Morgan fingerprint density at radius 2 is 1.80 bits per heavy atom. The highest BCUT2D eigenvalue weighted by Gasteiger charge is 2.09. The first kappa shape index (κ1) is 15.6. The molecule has 0 bridgehead atoms.